The molecule has 0 unspecified atom stereocenters. The number of rotatable bonds is 3. The normalized spacial score (nSPS) is 18.6. The van der Waals surface area contributed by atoms with E-state index in [-0.39, 0.29) is 12.2 Å². The van der Waals surface area contributed by atoms with Crippen LogP contribution < -0.4 is 10.5 Å². The highest BCUT2D eigenvalue weighted by Gasteiger charge is 2.45. The highest BCUT2D eigenvalue weighted by Crippen LogP contribution is 2.49. The van der Waals surface area contributed by atoms with E-state index in [0.29, 0.717) is 31.7 Å². The molecule has 1 fully saturated rings. The minimum atomic E-state index is -4.16. The molecule has 1 amide bonds. The summed E-state index contributed by atoms with van der Waals surface area (Å²) in [5.41, 5.74) is 7.38. The summed E-state index contributed by atoms with van der Waals surface area (Å²) in [7, 11) is 0. The van der Waals surface area contributed by atoms with Crippen LogP contribution in [-0.2, 0) is 5.60 Å². The second kappa shape index (κ2) is 6.26. The third-order valence-corrected chi connectivity index (χ3v) is 5.31. The van der Waals surface area contributed by atoms with Gasteiger partial charge in [0.15, 0.2) is 0 Å². The number of nitrogens with two attached hydrogens (primary N) is 1. The Hall–Kier alpha value is -2.55. The topological polar surface area (TPSA) is 84.2 Å². The van der Waals surface area contributed by atoms with Crippen molar-refractivity contribution in [1.82, 2.24) is 14.9 Å². The number of hydrogen-bond acceptors (Lipinski definition) is 4. The Balaban J connectivity index is 1.62. The third-order valence-electron chi connectivity index (χ3n) is 5.31. The number of alkyl halides is 3. The van der Waals surface area contributed by atoms with E-state index in [1.165, 1.54) is 0 Å². The molecule has 2 aliphatic heterocycles. The van der Waals surface area contributed by atoms with Gasteiger partial charge in [-0.3, -0.25) is 9.78 Å². The van der Waals surface area contributed by atoms with Crippen molar-refractivity contribution in [2.24, 2.45) is 5.73 Å². The largest absolute Gasteiger partial charge is 0.480 e. The van der Waals surface area contributed by atoms with Crippen LogP contribution in [0.2, 0.25) is 0 Å². The zero-order chi connectivity index (χ0) is 19.2. The van der Waals surface area contributed by atoms with Gasteiger partial charge in [0.1, 0.15) is 17.0 Å². The van der Waals surface area contributed by atoms with Gasteiger partial charge in [0.05, 0.1) is 18.3 Å². The van der Waals surface area contributed by atoms with E-state index in [1.807, 2.05) is 0 Å². The fourth-order valence-electron chi connectivity index (χ4n) is 3.89. The molecule has 27 heavy (non-hydrogen) atoms. The molecule has 0 saturated carbocycles. The highest BCUT2D eigenvalue weighted by atomic mass is 19.4. The SMILES string of the molecule is NC(=O)c1cc2c([nH]1)-c1ccncc1OC21CCN(CCC(F)(F)F)CC1. The first-order chi connectivity index (χ1) is 12.8. The van der Waals surface area contributed by atoms with Crippen molar-refractivity contribution in [3.05, 3.63) is 35.8 Å². The number of aromatic amines is 1. The van der Waals surface area contributed by atoms with Crippen LogP contribution in [0.1, 0.15) is 35.3 Å². The van der Waals surface area contributed by atoms with Crippen molar-refractivity contribution >= 4 is 5.91 Å². The lowest BCUT2D eigenvalue weighted by atomic mass is 9.81. The minimum Gasteiger partial charge on any atom is -0.480 e. The van der Waals surface area contributed by atoms with Crippen LogP contribution in [0.3, 0.4) is 0 Å². The number of primary amides is 1. The van der Waals surface area contributed by atoms with E-state index < -0.39 is 24.1 Å². The number of carbonyl (C=O) groups excluding carboxylic acids is 1. The van der Waals surface area contributed by atoms with Crippen molar-refractivity contribution in [3.63, 3.8) is 0 Å². The summed E-state index contributed by atoms with van der Waals surface area (Å²) in [5.74, 6) is 0.0179. The van der Waals surface area contributed by atoms with Gasteiger partial charge in [0.2, 0.25) is 0 Å². The van der Waals surface area contributed by atoms with Gasteiger partial charge in [-0.1, -0.05) is 0 Å². The maximum atomic E-state index is 12.5. The zero-order valence-electron chi connectivity index (χ0n) is 14.5. The number of halogens is 3. The molecule has 4 rings (SSSR count). The summed E-state index contributed by atoms with van der Waals surface area (Å²) in [6.07, 6.45) is -0.708. The molecule has 2 aromatic heterocycles. The summed E-state index contributed by atoms with van der Waals surface area (Å²) < 4.78 is 43.8. The fraction of sp³-hybridized carbons (Fsp3) is 0.444. The van der Waals surface area contributed by atoms with Gasteiger partial charge < -0.3 is 20.4 Å². The maximum Gasteiger partial charge on any atom is 0.390 e. The number of piperidine rings is 1. The highest BCUT2D eigenvalue weighted by molar-refractivity contribution is 5.93. The zero-order valence-corrected chi connectivity index (χ0v) is 14.5. The Labute approximate surface area is 153 Å². The third kappa shape index (κ3) is 3.27. The predicted molar refractivity (Wildman–Crippen MR) is 91.2 cm³/mol. The first kappa shape index (κ1) is 17.8. The molecular weight excluding hydrogens is 361 g/mol. The van der Waals surface area contributed by atoms with Crippen LogP contribution in [0, 0.1) is 0 Å². The Bertz CT molecular complexity index is 870. The number of nitrogens with zero attached hydrogens (tertiary/aromatic N) is 2. The lowest BCUT2D eigenvalue weighted by Crippen LogP contribution is -2.47. The average molecular weight is 380 g/mol. The number of ether oxygens (including phenoxy) is 1. The molecule has 0 atom stereocenters. The van der Waals surface area contributed by atoms with Gasteiger partial charge in [-0.2, -0.15) is 13.2 Å². The quantitative estimate of drug-likeness (QED) is 0.858. The summed E-state index contributed by atoms with van der Waals surface area (Å²) in [6, 6.07) is 3.49. The Morgan fingerprint density at radius 3 is 2.78 bits per heavy atom. The number of likely N-dealkylation sites (tertiary alicyclic amines) is 1. The molecule has 3 N–H and O–H groups in total. The van der Waals surface area contributed by atoms with Gasteiger partial charge in [0, 0.05) is 49.8 Å². The second-order valence-corrected chi connectivity index (χ2v) is 7.01. The predicted octanol–water partition coefficient (Wildman–Crippen LogP) is 2.81. The van der Waals surface area contributed by atoms with Crippen molar-refractivity contribution in [2.45, 2.75) is 31.0 Å². The Morgan fingerprint density at radius 1 is 1.37 bits per heavy atom. The molecule has 4 heterocycles. The molecule has 2 aliphatic rings. The second-order valence-electron chi connectivity index (χ2n) is 7.01. The summed E-state index contributed by atoms with van der Waals surface area (Å²) >= 11 is 0. The smallest absolute Gasteiger partial charge is 0.390 e. The number of nitrogens with one attached hydrogen (secondary N) is 1. The van der Waals surface area contributed by atoms with Crippen LogP contribution in [0.15, 0.2) is 24.5 Å². The van der Waals surface area contributed by atoms with E-state index >= 15 is 0 Å². The number of aromatic nitrogens is 2. The molecule has 6 nitrogen and oxygen atoms in total. The van der Waals surface area contributed by atoms with Gasteiger partial charge in [-0.05, 0) is 12.1 Å². The van der Waals surface area contributed by atoms with Crippen LogP contribution in [-0.4, -0.2) is 46.6 Å². The summed E-state index contributed by atoms with van der Waals surface area (Å²) in [4.78, 5) is 20.6. The molecule has 2 aromatic rings. The number of carbonyl (C=O) groups is 1. The van der Waals surface area contributed by atoms with Crippen molar-refractivity contribution in [1.29, 1.82) is 0 Å². The number of amides is 1. The number of hydrogen-bond donors (Lipinski definition) is 2. The monoisotopic (exact) mass is 380 g/mol. The lowest BCUT2D eigenvalue weighted by molar-refractivity contribution is -0.139. The van der Waals surface area contributed by atoms with Crippen LogP contribution in [0.4, 0.5) is 13.2 Å². The molecule has 1 saturated heterocycles. The molecular formula is C18H19F3N4O2. The van der Waals surface area contributed by atoms with E-state index in [4.69, 9.17) is 10.5 Å². The van der Waals surface area contributed by atoms with Crippen molar-refractivity contribution < 1.29 is 22.7 Å². The van der Waals surface area contributed by atoms with E-state index in [0.717, 1.165) is 16.8 Å². The molecule has 0 aliphatic carbocycles. The molecule has 0 aromatic carbocycles. The number of H-pyrrole nitrogens is 1. The lowest BCUT2D eigenvalue weighted by Gasteiger charge is -2.44. The molecule has 1 spiro atoms. The standard InChI is InChI=1S/C18H19F3N4O2/c19-18(20,21)4-8-25-6-2-17(3-7-25)12-9-13(16(22)26)24-15(12)11-1-5-23-10-14(11)27-17/h1,5,9-10,24H,2-4,6-8H2,(H2,22,26). The van der Waals surface area contributed by atoms with Crippen LogP contribution >= 0.6 is 0 Å². The van der Waals surface area contributed by atoms with Crippen molar-refractivity contribution in [3.8, 4) is 17.0 Å². The number of fused-ring (bicyclic) bond motifs is 4. The minimum absolute atomic E-state index is 0.0236. The number of pyridine rings is 1. The van der Waals surface area contributed by atoms with E-state index in [9.17, 15) is 18.0 Å². The van der Waals surface area contributed by atoms with E-state index in [1.54, 1.807) is 29.4 Å². The van der Waals surface area contributed by atoms with Crippen LogP contribution in [0.25, 0.3) is 11.3 Å². The fourth-order valence-corrected chi connectivity index (χ4v) is 3.89. The van der Waals surface area contributed by atoms with Crippen LogP contribution in [0.5, 0.6) is 5.75 Å². The summed E-state index contributed by atoms with van der Waals surface area (Å²) in [5, 5.41) is 0. The summed E-state index contributed by atoms with van der Waals surface area (Å²) in [6.45, 7) is 0.925. The van der Waals surface area contributed by atoms with Gasteiger partial charge in [-0.25, -0.2) is 0 Å². The molecule has 144 valence electrons. The average Bonchev–Trinajstić information content (AvgIpc) is 3.08. The Kier molecular flexibility index (Phi) is 4.14. The first-order valence-corrected chi connectivity index (χ1v) is 8.73. The molecule has 9 heteroatoms. The Morgan fingerprint density at radius 2 is 2.11 bits per heavy atom. The maximum absolute atomic E-state index is 12.5. The van der Waals surface area contributed by atoms with Gasteiger partial charge >= 0.3 is 6.18 Å². The van der Waals surface area contributed by atoms with Crippen molar-refractivity contribution in [2.75, 3.05) is 19.6 Å². The van der Waals surface area contributed by atoms with Gasteiger partial charge in [-0.15, -0.1) is 0 Å². The molecule has 0 bridgehead atoms. The van der Waals surface area contributed by atoms with Gasteiger partial charge in [0.25, 0.3) is 5.91 Å². The molecule has 0 radical (unpaired) electrons. The first-order valence-electron chi connectivity index (χ1n) is 8.73. The van der Waals surface area contributed by atoms with E-state index in [2.05, 4.69) is 9.97 Å².